The van der Waals surface area contributed by atoms with Crippen LogP contribution in [0.4, 0.5) is 17.3 Å². The van der Waals surface area contributed by atoms with Crippen molar-refractivity contribution in [1.29, 1.82) is 0 Å². The Bertz CT molecular complexity index is 1300. The average molecular weight is 500 g/mol. The number of nitrogens with zero attached hydrogens (tertiary/aromatic N) is 4. The van der Waals surface area contributed by atoms with Gasteiger partial charge in [0, 0.05) is 49.7 Å². The minimum Gasteiger partial charge on any atom is -0.491 e. The highest BCUT2D eigenvalue weighted by atomic mass is 16.5. The third-order valence-electron chi connectivity index (χ3n) is 8.07. The van der Waals surface area contributed by atoms with E-state index in [1.807, 2.05) is 12.3 Å². The monoisotopic (exact) mass is 499 g/mol. The molecular formula is C29H33N5O3. The Morgan fingerprint density at radius 1 is 0.865 bits per heavy atom. The zero-order chi connectivity index (χ0) is 24.8. The summed E-state index contributed by atoms with van der Waals surface area (Å²) in [5, 5.41) is 3.43. The lowest BCUT2D eigenvalue weighted by Crippen LogP contribution is -2.27. The van der Waals surface area contributed by atoms with Crippen molar-refractivity contribution in [1.82, 2.24) is 14.9 Å². The third-order valence-corrected chi connectivity index (χ3v) is 8.07. The molecule has 8 heteroatoms. The van der Waals surface area contributed by atoms with Gasteiger partial charge in [-0.2, -0.15) is 0 Å². The Labute approximate surface area is 217 Å². The molecule has 2 atom stereocenters. The molecular weight excluding hydrogens is 466 g/mol. The lowest BCUT2D eigenvalue weighted by molar-refractivity contribution is 0.0765. The minimum absolute atomic E-state index is 0.480. The van der Waals surface area contributed by atoms with Gasteiger partial charge in [0.1, 0.15) is 24.7 Å². The first kappa shape index (κ1) is 22.8. The first-order chi connectivity index (χ1) is 18.2. The molecule has 8 nitrogen and oxygen atoms in total. The van der Waals surface area contributed by atoms with Crippen molar-refractivity contribution in [2.24, 2.45) is 11.8 Å². The van der Waals surface area contributed by atoms with Crippen LogP contribution in [0.5, 0.6) is 11.5 Å². The van der Waals surface area contributed by atoms with E-state index in [1.54, 1.807) is 0 Å². The van der Waals surface area contributed by atoms with Crippen LogP contribution >= 0.6 is 0 Å². The lowest BCUT2D eigenvalue weighted by atomic mass is 9.90. The topological polar surface area (TPSA) is 72.0 Å². The van der Waals surface area contributed by atoms with E-state index >= 15 is 0 Å². The van der Waals surface area contributed by atoms with Crippen LogP contribution in [0.25, 0.3) is 11.3 Å². The van der Waals surface area contributed by atoms with Gasteiger partial charge in [-0.25, -0.2) is 9.97 Å². The summed E-state index contributed by atoms with van der Waals surface area (Å²) in [5.41, 5.74) is 6.62. The van der Waals surface area contributed by atoms with Crippen molar-refractivity contribution in [3.63, 3.8) is 0 Å². The van der Waals surface area contributed by atoms with Crippen LogP contribution in [0.3, 0.4) is 0 Å². The van der Waals surface area contributed by atoms with Crippen molar-refractivity contribution >= 4 is 17.3 Å². The van der Waals surface area contributed by atoms with Crippen LogP contribution in [0, 0.1) is 11.8 Å². The standard InChI is InChI=1S/C29H33N5O3/c1-33-15-21-17-34(18-22(21)16-33)26-7-5-23-12-27(26)37-11-9-35-8-10-36-24-6-4-19-2-3-20-14-30-29(31-23)32-28(20)25(19)13-24/h4-7,12-14,21-22H,2-3,8-11,15-18H2,1H3,(H,30,31,32). The van der Waals surface area contributed by atoms with Gasteiger partial charge in [0.15, 0.2) is 0 Å². The Hall–Kier alpha value is -3.36. The molecule has 3 aliphatic heterocycles. The molecule has 0 spiro atoms. The van der Waals surface area contributed by atoms with Gasteiger partial charge in [-0.3, -0.25) is 0 Å². The van der Waals surface area contributed by atoms with E-state index in [9.17, 15) is 0 Å². The van der Waals surface area contributed by atoms with Gasteiger partial charge in [0.05, 0.1) is 24.6 Å². The maximum Gasteiger partial charge on any atom is 0.227 e. The third kappa shape index (κ3) is 4.49. The van der Waals surface area contributed by atoms with E-state index in [4.69, 9.17) is 19.2 Å². The Balaban J connectivity index is 1.21. The number of aromatic nitrogens is 2. The van der Waals surface area contributed by atoms with Gasteiger partial charge >= 0.3 is 0 Å². The van der Waals surface area contributed by atoms with Gasteiger partial charge in [-0.15, -0.1) is 0 Å². The number of hydrogen-bond acceptors (Lipinski definition) is 8. The predicted molar refractivity (Wildman–Crippen MR) is 143 cm³/mol. The number of likely N-dealkylation sites (tertiary alicyclic amines) is 1. The molecule has 37 heavy (non-hydrogen) atoms. The van der Waals surface area contributed by atoms with E-state index in [2.05, 4.69) is 57.5 Å². The van der Waals surface area contributed by atoms with Crippen molar-refractivity contribution in [2.75, 3.05) is 69.9 Å². The molecule has 0 saturated carbocycles. The smallest absolute Gasteiger partial charge is 0.227 e. The highest BCUT2D eigenvalue weighted by Crippen LogP contribution is 2.40. The molecule has 3 aromatic rings. The van der Waals surface area contributed by atoms with Gasteiger partial charge < -0.3 is 29.3 Å². The van der Waals surface area contributed by atoms with Gasteiger partial charge in [-0.1, -0.05) is 6.07 Å². The van der Waals surface area contributed by atoms with Crippen molar-refractivity contribution in [2.45, 2.75) is 12.8 Å². The molecule has 4 aliphatic rings. The van der Waals surface area contributed by atoms with E-state index < -0.39 is 0 Å². The maximum absolute atomic E-state index is 6.30. The molecule has 2 aromatic carbocycles. The van der Waals surface area contributed by atoms with Crippen LogP contribution in [0.15, 0.2) is 42.6 Å². The molecule has 1 aromatic heterocycles. The fourth-order valence-electron chi connectivity index (χ4n) is 6.29. The van der Waals surface area contributed by atoms with Gasteiger partial charge in [-0.05, 0) is 67.1 Å². The van der Waals surface area contributed by atoms with Crippen molar-refractivity contribution in [3.05, 3.63) is 53.7 Å². The van der Waals surface area contributed by atoms with Gasteiger partial charge in [0.2, 0.25) is 5.95 Å². The molecule has 6 bridgehead atoms. The zero-order valence-electron chi connectivity index (χ0n) is 21.3. The van der Waals surface area contributed by atoms with Crippen molar-refractivity contribution in [3.8, 4) is 22.8 Å². The second kappa shape index (κ2) is 9.50. The second-order valence-corrected chi connectivity index (χ2v) is 10.6. The largest absolute Gasteiger partial charge is 0.491 e. The minimum atomic E-state index is 0.480. The molecule has 0 radical (unpaired) electrons. The molecule has 1 aliphatic carbocycles. The Morgan fingerprint density at radius 3 is 2.54 bits per heavy atom. The number of anilines is 3. The van der Waals surface area contributed by atoms with Crippen LogP contribution < -0.4 is 19.7 Å². The summed E-state index contributed by atoms with van der Waals surface area (Å²) in [6, 6.07) is 12.6. The summed E-state index contributed by atoms with van der Waals surface area (Å²) < 4.78 is 18.1. The van der Waals surface area contributed by atoms with E-state index in [0.29, 0.717) is 32.4 Å². The van der Waals surface area contributed by atoms with Crippen molar-refractivity contribution < 1.29 is 14.2 Å². The molecule has 2 fully saturated rings. The van der Waals surface area contributed by atoms with Gasteiger partial charge in [0.25, 0.3) is 0 Å². The maximum atomic E-state index is 6.30. The normalized spacial score (nSPS) is 23.1. The summed E-state index contributed by atoms with van der Waals surface area (Å²) in [5.74, 6) is 3.74. The number of rotatable bonds is 1. The summed E-state index contributed by atoms with van der Waals surface area (Å²) in [6.07, 6.45) is 3.88. The predicted octanol–water partition coefficient (Wildman–Crippen LogP) is 3.77. The molecule has 0 amide bonds. The Morgan fingerprint density at radius 2 is 1.68 bits per heavy atom. The average Bonchev–Trinajstić information content (AvgIpc) is 3.45. The van der Waals surface area contributed by atoms with Crippen LogP contribution in [0.2, 0.25) is 0 Å². The number of nitrogens with one attached hydrogen (secondary N) is 1. The highest BCUT2D eigenvalue weighted by molar-refractivity contribution is 5.73. The molecule has 2 saturated heterocycles. The van der Waals surface area contributed by atoms with E-state index in [-0.39, 0.29) is 0 Å². The summed E-state index contributed by atoms with van der Waals surface area (Å²) in [7, 11) is 2.23. The molecule has 2 unspecified atom stereocenters. The zero-order valence-corrected chi connectivity index (χ0v) is 21.3. The van der Waals surface area contributed by atoms with E-state index in [0.717, 1.165) is 71.9 Å². The number of aryl methyl sites for hydroxylation is 2. The summed E-state index contributed by atoms with van der Waals surface area (Å²) in [4.78, 5) is 14.5. The first-order valence-electron chi connectivity index (χ1n) is 13.4. The van der Waals surface area contributed by atoms with Crippen LogP contribution in [-0.4, -0.2) is 74.5 Å². The SMILES string of the molecule is CN1CC2CN(c3ccc4cc3OCCOCCOc3ccc5c(c3)-c3nc(ncc3CC5)N4)CC2C1. The summed E-state index contributed by atoms with van der Waals surface area (Å²) in [6.45, 7) is 6.48. The quantitative estimate of drug-likeness (QED) is 0.543. The first-order valence-corrected chi connectivity index (χ1v) is 13.4. The highest BCUT2D eigenvalue weighted by Gasteiger charge is 2.39. The number of fused-ring (bicyclic) bond motifs is 5. The number of ether oxygens (including phenoxy) is 3. The molecule has 192 valence electrons. The second-order valence-electron chi connectivity index (χ2n) is 10.6. The van der Waals surface area contributed by atoms with Crippen LogP contribution in [0.1, 0.15) is 11.1 Å². The summed E-state index contributed by atoms with van der Waals surface area (Å²) >= 11 is 0. The molecule has 4 heterocycles. The van der Waals surface area contributed by atoms with Crippen LogP contribution in [-0.2, 0) is 17.6 Å². The molecule has 7 rings (SSSR count). The Kier molecular flexibility index (Phi) is 5.86. The molecule has 1 N–H and O–H groups in total. The van der Waals surface area contributed by atoms with E-state index in [1.165, 1.54) is 24.2 Å². The fraction of sp³-hybridized carbons (Fsp3) is 0.448. The number of benzene rings is 2. The lowest BCUT2D eigenvalue weighted by Gasteiger charge is -2.24. The number of hydrogen-bond donors (Lipinski definition) is 1. The fourth-order valence-corrected chi connectivity index (χ4v) is 6.29.